The molecule has 13 heavy (non-hydrogen) atoms. The van der Waals surface area contributed by atoms with E-state index in [4.69, 9.17) is 5.84 Å². The molecule has 2 bridgehead atoms. The number of thioether (sulfide) groups is 1. The Kier molecular flexibility index (Phi) is 2.76. The first-order chi connectivity index (χ1) is 6.29. The third-order valence-electron chi connectivity index (χ3n) is 2.80. The largest absolute Gasteiger partial charge is 0.298 e. The number of nitrogens with one attached hydrogen (secondary N) is 1. The van der Waals surface area contributed by atoms with Crippen molar-refractivity contribution in [3.63, 3.8) is 0 Å². The molecule has 74 valence electrons. The fourth-order valence-electron chi connectivity index (χ4n) is 2.07. The molecule has 5 heteroatoms. The van der Waals surface area contributed by atoms with Gasteiger partial charge in [0.1, 0.15) is 0 Å². The van der Waals surface area contributed by atoms with Gasteiger partial charge in [0.05, 0.1) is 0 Å². The van der Waals surface area contributed by atoms with Crippen LogP contribution in [-0.4, -0.2) is 40.9 Å². The smallest absolute Gasteiger partial charge is 0.235 e. The number of nitrogens with zero attached hydrogens (tertiary/aromatic N) is 1. The second-order valence-corrected chi connectivity index (χ2v) is 4.99. The van der Waals surface area contributed by atoms with Crippen LogP contribution in [0.3, 0.4) is 0 Å². The summed E-state index contributed by atoms with van der Waals surface area (Å²) in [7, 11) is 0. The van der Waals surface area contributed by atoms with Crippen LogP contribution in [0.5, 0.6) is 0 Å². The molecule has 3 N–H and O–H groups in total. The summed E-state index contributed by atoms with van der Waals surface area (Å²) in [6.45, 7) is 2.03. The van der Waals surface area contributed by atoms with E-state index in [1.807, 2.05) is 0 Å². The molecule has 0 aliphatic carbocycles. The van der Waals surface area contributed by atoms with E-state index in [0.29, 0.717) is 6.42 Å². The number of carbonyl (C=O) groups excluding carboxylic acids is 1. The molecular formula is C8H15N3OS. The van der Waals surface area contributed by atoms with Gasteiger partial charge in [0.25, 0.3) is 0 Å². The van der Waals surface area contributed by atoms with Crippen molar-refractivity contribution in [1.29, 1.82) is 0 Å². The number of carbonyl (C=O) groups is 1. The first-order valence-electron chi connectivity index (χ1n) is 4.64. The molecule has 4 nitrogen and oxygen atoms in total. The van der Waals surface area contributed by atoms with Crippen LogP contribution in [0.25, 0.3) is 0 Å². The van der Waals surface area contributed by atoms with Crippen molar-refractivity contribution in [3.8, 4) is 0 Å². The van der Waals surface area contributed by atoms with Crippen molar-refractivity contribution in [1.82, 2.24) is 10.3 Å². The van der Waals surface area contributed by atoms with Crippen molar-refractivity contribution < 1.29 is 4.79 Å². The van der Waals surface area contributed by atoms with E-state index in [1.54, 1.807) is 0 Å². The Morgan fingerprint density at radius 1 is 1.69 bits per heavy atom. The predicted octanol–water partition coefficient (Wildman–Crippen LogP) is -0.444. The van der Waals surface area contributed by atoms with Crippen LogP contribution >= 0.6 is 11.8 Å². The minimum Gasteiger partial charge on any atom is -0.298 e. The summed E-state index contributed by atoms with van der Waals surface area (Å²) in [4.78, 5) is 13.3. The monoisotopic (exact) mass is 201 g/mol. The lowest BCUT2D eigenvalue weighted by Crippen LogP contribution is -2.38. The summed E-state index contributed by atoms with van der Waals surface area (Å²) in [6.07, 6.45) is 1.85. The predicted molar refractivity (Wildman–Crippen MR) is 53.2 cm³/mol. The van der Waals surface area contributed by atoms with E-state index in [2.05, 4.69) is 22.1 Å². The van der Waals surface area contributed by atoms with Crippen LogP contribution in [0.15, 0.2) is 0 Å². The van der Waals surface area contributed by atoms with Gasteiger partial charge in [-0.3, -0.25) is 15.1 Å². The van der Waals surface area contributed by atoms with E-state index in [1.165, 1.54) is 12.2 Å². The van der Waals surface area contributed by atoms with Gasteiger partial charge in [-0.05, 0) is 6.42 Å². The number of likely N-dealkylation sites (tertiary alicyclic amines) is 1. The highest BCUT2D eigenvalue weighted by molar-refractivity contribution is 8.00. The average Bonchev–Trinajstić information content (AvgIpc) is 2.74. The summed E-state index contributed by atoms with van der Waals surface area (Å²) in [5.41, 5.74) is 2.16. The molecule has 2 atom stereocenters. The number of amides is 1. The molecule has 0 aromatic carbocycles. The van der Waals surface area contributed by atoms with Gasteiger partial charge in [0.15, 0.2) is 0 Å². The van der Waals surface area contributed by atoms with Crippen LogP contribution in [-0.2, 0) is 4.79 Å². The third-order valence-corrected chi connectivity index (χ3v) is 4.19. The summed E-state index contributed by atoms with van der Waals surface area (Å²) >= 11 is 2.07. The maximum atomic E-state index is 10.9. The molecule has 2 aliphatic rings. The molecule has 2 unspecified atom stereocenters. The normalized spacial score (nSPS) is 32.4. The number of rotatable bonds is 3. The van der Waals surface area contributed by atoms with Gasteiger partial charge < -0.3 is 0 Å². The van der Waals surface area contributed by atoms with E-state index >= 15 is 0 Å². The molecule has 0 aromatic heterocycles. The zero-order valence-electron chi connectivity index (χ0n) is 7.53. The summed E-state index contributed by atoms with van der Waals surface area (Å²) < 4.78 is 0. The third kappa shape index (κ3) is 1.98. The van der Waals surface area contributed by atoms with Crippen molar-refractivity contribution in [2.75, 3.05) is 18.8 Å². The van der Waals surface area contributed by atoms with Crippen molar-refractivity contribution in [3.05, 3.63) is 0 Å². The highest BCUT2D eigenvalue weighted by Crippen LogP contribution is 2.37. The highest BCUT2D eigenvalue weighted by Gasteiger charge is 2.37. The Bertz CT molecular complexity index is 212. The fourth-order valence-corrected chi connectivity index (χ4v) is 3.57. The Morgan fingerprint density at radius 2 is 2.54 bits per heavy atom. The molecule has 2 fully saturated rings. The molecule has 0 saturated carbocycles. The topological polar surface area (TPSA) is 58.4 Å². The number of hydrazine groups is 1. The molecular weight excluding hydrogens is 186 g/mol. The number of hydrogen-bond donors (Lipinski definition) is 2. The molecule has 2 rings (SSSR count). The van der Waals surface area contributed by atoms with E-state index < -0.39 is 0 Å². The lowest BCUT2D eigenvalue weighted by atomic mass is 10.2. The zero-order chi connectivity index (χ0) is 9.26. The van der Waals surface area contributed by atoms with Crippen molar-refractivity contribution >= 4 is 17.7 Å². The van der Waals surface area contributed by atoms with Gasteiger partial charge in [-0.25, -0.2) is 5.84 Å². The van der Waals surface area contributed by atoms with Gasteiger partial charge in [-0.15, -0.1) is 0 Å². The van der Waals surface area contributed by atoms with E-state index in [0.717, 1.165) is 24.4 Å². The molecule has 2 aliphatic heterocycles. The average molecular weight is 201 g/mol. The number of nitrogens with two attached hydrogens (primary N) is 1. The van der Waals surface area contributed by atoms with E-state index in [-0.39, 0.29) is 5.91 Å². The van der Waals surface area contributed by atoms with Crippen molar-refractivity contribution in [2.24, 2.45) is 5.84 Å². The minimum absolute atomic E-state index is 0.0598. The van der Waals surface area contributed by atoms with Gasteiger partial charge >= 0.3 is 0 Å². The molecule has 0 aromatic rings. The molecule has 1 amide bonds. The molecule has 2 saturated heterocycles. The van der Waals surface area contributed by atoms with Gasteiger partial charge in [0, 0.05) is 36.6 Å². The van der Waals surface area contributed by atoms with Crippen molar-refractivity contribution in [2.45, 2.75) is 24.1 Å². The minimum atomic E-state index is -0.0598. The second kappa shape index (κ2) is 3.86. The van der Waals surface area contributed by atoms with E-state index in [9.17, 15) is 4.79 Å². The van der Waals surface area contributed by atoms with Crippen LogP contribution in [0.4, 0.5) is 0 Å². The first kappa shape index (κ1) is 9.30. The Balaban J connectivity index is 1.74. The molecule has 0 spiro atoms. The Morgan fingerprint density at radius 3 is 3.08 bits per heavy atom. The van der Waals surface area contributed by atoms with Crippen LogP contribution in [0.2, 0.25) is 0 Å². The first-order valence-corrected chi connectivity index (χ1v) is 5.69. The Hall–Kier alpha value is -0.260. The second-order valence-electron chi connectivity index (χ2n) is 3.66. The van der Waals surface area contributed by atoms with Crippen LogP contribution in [0, 0.1) is 0 Å². The van der Waals surface area contributed by atoms with Gasteiger partial charge in [0.2, 0.25) is 5.91 Å². The summed E-state index contributed by atoms with van der Waals surface area (Å²) in [5.74, 6) is 6.20. The number of fused-ring (bicyclic) bond motifs is 2. The molecule has 0 radical (unpaired) electrons. The summed E-state index contributed by atoms with van der Waals surface area (Å²) in [5, 5.41) is 0.825. The highest BCUT2D eigenvalue weighted by atomic mass is 32.2. The molecule has 2 heterocycles. The maximum Gasteiger partial charge on any atom is 0.235 e. The number of hydrogen-bond acceptors (Lipinski definition) is 4. The van der Waals surface area contributed by atoms with Gasteiger partial charge in [-0.1, -0.05) is 0 Å². The quantitative estimate of drug-likeness (QED) is 0.369. The fraction of sp³-hybridized carbons (Fsp3) is 0.875. The van der Waals surface area contributed by atoms with Crippen LogP contribution < -0.4 is 11.3 Å². The Labute approximate surface area is 82.2 Å². The van der Waals surface area contributed by atoms with Crippen LogP contribution in [0.1, 0.15) is 12.8 Å². The van der Waals surface area contributed by atoms with Gasteiger partial charge in [-0.2, -0.15) is 11.8 Å². The summed E-state index contributed by atoms with van der Waals surface area (Å²) in [6, 6.07) is 0.723. The maximum absolute atomic E-state index is 10.9. The lowest BCUT2D eigenvalue weighted by Gasteiger charge is -2.25. The lowest BCUT2D eigenvalue weighted by molar-refractivity contribution is -0.121. The zero-order valence-corrected chi connectivity index (χ0v) is 8.35. The standard InChI is InChI=1S/C8H15N3OS/c9-10-8(12)1-2-11-4-7-3-6(11)5-13-7/h6-7H,1-5,9H2,(H,10,12). The SMILES string of the molecule is NNC(=O)CCN1CC2CC1CS2.